The highest BCUT2D eigenvalue weighted by molar-refractivity contribution is 5.49. The predicted octanol–water partition coefficient (Wildman–Crippen LogP) is 3.07. The fraction of sp³-hybridized carbons (Fsp3) is 0.684. The molecule has 3 aliphatic rings. The number of anilines is 1. The molecule has 1 saturated heterocycles. The van der Waals surface area contributed by atoms with Gasteiger partial charge in [0.1, 0.15) is 5.82 Å². The maximum absolute atomic E-state index is 14.5. The highest BCUT2D eigenvalue weighted by Crippen LogP contribution is 2.44. The molecule has 0 spiro atoms. The van der Waals surface area contributed by atoms with Crippen molar-refractivity contribution in [3.05, 3.63) is 29.6 Å². The van der Waals surface area contributed by atoms with Gasteiger partial charge in [-0.1, -0.05) is 6.07 Å². The van der Waals surface area contributed by atoms with Crippen LogP contribution < -0.4 is 10.2 Å². The fourth-order valence-electron chi connectivity index (χ4n) is 3.89. The summed E-state index contributed by atoms with van der Waals surface area (Å²) in [6, 6.07) is 6.30. The number of benzene rings is 1. The van der Waals surface area contributed by atoms with Crippen LogP contribution in [0.2, 0.25) is 0 Å². The molecule has 0 atom stereocenters. The number of nitrogens with zero attached hydrogens (tertiary/aromatic N) is 1. The van der Waals surface area contributed by atoms with Crippen LogP contribution in [0.5, 0.6) is 0 Å². The predicted molar refractivity (Wildman–Crippen MR) is 89.9 cm³/mol. The number of hydrogen-bond donors (Lipinski definition) is 2. The van der Waals surface area contributed by atoms with E-state index in [1.165, 1.54) is 25.7 Å². The van der Waals surface area contributed by atoms with Gasteiger partial charge in [-0.15, -0.1) is 0 Å². The molecule has 0 aromatic heterocycles. The molecular weight excluding hydrogens is 291 g/mol. The third-order valence-electron chi connectivity index (χ3n) is 5.62. The monoisotopic (exact) mass is 318 g/mol. The molecule has 0 amide bonds. The Kier molecular flexibility index (Phi) is 4.29. The van der Waals surface area contributed by atoms with E-state index in [4.69, 9.17) is 0 Å². The standard InChI is InChI=1S/C19H27FN2O/c20-17-11-13(12-21-19(14-2-3-14)15-4-5-15)1-6-18(17)22-9-7-16(23)8-10-22/h1,6,11,14-16,19,21,23H,2-5,7-10,12H2. The lowest BCUT2D eigenvalue weighted by Crippen LogP contribution is -2.36. The van der Waals surface area contributed by atoms with E-state index in [0.29, 0.717) is 11.7 Å². The van der Waals surface area contributed by atoms with Gasteiger partial charge in [0.2, 0.25) is 0 Å². The second kappa shape index (κ2) is 6.40. The molecule has 2 saturated carbocycles. The van der Waals surface area contributed by atoms with Gasteiger partial charge in [-0.05, 0) is 68.1 Å². The van der Waals surface area contributed by atoms with Crippen LogP contribution in [-0.2, 0) is 6.54 Å². The lowest BCUT2D eigenvalue weighted by Gasteiger charge is -2.31. The summed E-state index contributed by atoms with van der Waals surface area (Å²) in [4.78, 5) is 2.05. The Morgan fingerprint density at radius 2 is 1.74 bits per heavy atom. The molecule has 1 aliphatic heterocycles. The molecule has 1 heterocycles. The molecule has 3 nitrogen and oxygen atoms in total. The molecule has 2 aliphatic carbocycles. The summed E-state index contributed by atoms with van der Waals surface area (Å²) in [6.45, 7) is 2.25. The fourth-order valence-corrected chi connectivity index (χ4v) is 3.89. The number of piperidine rings is 1. The summed E-state index contributed by atoms with van der Waals surface area (Å²) in [7, 11) is 0. The molecule has 4 rings (SSSR count). The van der Waals surface area contributed by atoms with E-state index in [-0.39, 0.29) is 11.9 Å². The Labute approximate surface area is 137 Å². The number of rotatable bonds is 6. The molecule has 3 fully saturated rings. The van der Waals surface area contributed by atoms with E-state index in [1.807, 2.05) is 12.1 Å². The van der Waals surface area contributed by atoms with Gasteiger partial charge in [0, 0.05) is 25.7 Å². The van der Waals surface area contributed by atoms with Crippen molar-refractivity contribution in [1.29, 1.82) is 0 Å². The number of halogens is 1. The van der Waals surface area contributed by atoms with Gasteiger partial charge in [-0.3, -0.25) is 0 Å². The van der Waals surface area contributed by atoms with Crippen LogP contribution in [0, 0.1) is 17.7 Å². The number of nitrogens with one attached hydrogen (secondary N) is 1. The van der Waals surface area contributed by atoms with Crippen molar-refractivity contribution in [2.75, 3.05) is 18.0 Å². The van der Waals surface area contributed by atoms with Crippen molar-refractivity contribution in [3.8, 4) is 0 Å². The molecule has 0 bridgehead atoms. The average Bonchev–Trinajstić information content (AvgIpc) is 3.43. The molecule has 126 valence electrons. The maximum Gasteiger partial charge on any atom is 0.146 e. The van der Waals surface area contributed by atoms with Gasteiger partial charge < -0.3 is 15.3 Å². The van der Waals surface area contributed by atoms with Crippen molar-refractivity contribution >= 4 is 5.69 Å². The van der Waals surface area contributed by atoms with Crippen LogP contribution in [0.15, 0.2) is 18.2 Å². The topological polar surface area (TPSA) is 35.5 Å². The normalized spacial score (nSPS) is 22.8. The highest BCUT2D eigenvalue weighted by Gasteiger charge is 2.40. The van der Waals surface area contributed by atoms with E-state index in [9.17, 15) is 9.50 Å². The Bertz CT molecular complexity index is 536. The van der Waals surface area contributed by atoms with E-state index in [2.05, 4.69) is 10.2 Å². The second-order valence-corrected chi connectivity index (χ2v) is 7.59. The molecule has 0 radical (unpaired) electrons. The van der Waals surface area contributed by atoms with Crippen molar-refractivity contribution in [2.45, 2.75) is 57.2 Å². The van der Waals surface area contributed by atoms with Crippen molar-refractivity contribution in [3.63, 3.8) is 0 Å². The van der Waals surface area contributed by atoms with Crippen LogP contribution in [-0.4, -0.2) is 30.3 Å². The summed E-state index contributed by atoms with van der Waals surface area (Å²) in [5.41, 5.74) is 1.72. The minimum Gasteiger partial charge on any atom is -0.393 e. The van der Waals surface area contributed by atoms with Gasteiger partial charge in [0.15, 0.2) is 0 Å². The Morgan fingerprint density at radius 3 is 2.30 bits per heavy atom. The molecule has 4 heteroatoms. The van der Waals surface area contributed by atoms with Crippen molar-refractivity contribution in [1.82, 2.24) is 5.32 Å². The highest BCUT2D eigenvalue weighted by atomic mass is 19.1. The minimum atomic E-state index is -0.223. The van der Waals surface area contributed by atoms with E-state index in [0.717, 1.165) is 49.9 Å². The van der Waals surface area contributed by atoms with Gasteiger partial charge in [-0.25, -0.2) is 4.39 Å². The largest absolute Gasteiger partial charge is 0.393 e. The quantitative estimate of drug-likeness (QED) is 0.846. The zero-order chi connectivity index (χ0) is 15.8. The summed E-state index contributed by atoms with van der Waals surface area (Å²) < 4.78 is 14.5. The molecule has 2 N–H and O–H groups in total. The Hall–Kier alpha value is -1.13. The lowest BCUT2D eigenvalue weighted by atomic mass is 10.1. The first-order valence-corrected chi connectivity index (χ1v) is 9.15. The Morgan fingerprint density at radius 1 is 1.09 bits per heavy atom. The van der Waals surface area contributed by atoms with Crippen LogP contribution in [0.25, 0.3) is 0 Å². The molecule has 1 aromatic carbocycles. The summed E-state index contributed by atoms with van der Waals surface area (Å²) in [6.07, 6.45) is 6.69. The van der Waals surface area contributed by atoms with Crippen LogP contribution in [0.3, 0.4) is 0 Å². The third-order valence-corrected chi connectivity index (χ3v) is 5.62. The van der Waals surface area contributed by atoms with Crippen LogP contribution in [0.4, 0.5) is 10.1 Å². The lowest BCUT2D eigenvalue weighted by molar-refractivity contribution is 0.145. The number of hydrogen-bond acceptors (Lipinski definition) is 3. The first-order valence-electron chi connectivity index (χ1n) is 9.15. The van der Waals surface area contributed by atoms with Crippen molar-refractivity contribution < 1.29 is 9.50 Å². The summed E-state index contributed by atoms with van der Waals surface area (Å²) >= 11 is 0. The van der Waals surface area contributed by atoms with E-state index in [1.54, 1.807) is 6.07 Å². The minimum absolute atomic E-state index is 0.130. The zero-order valence-electron chi connectivity index (χ0n) is 13.7. The van der Waals surface area contributed by atoms with Crippen LogP contribution >= 0.6 is 0 Å². The summed E-state index contributed by atoms with van der Waals surface area (Å²) in [5, 5.41) is 13.3. The van der Waals surface area contributed by atoms with Gasteiger partial charge >= 0.3 is 0 Å². The first kappa shape index (κ1) is 15.4. The summed E-state index contributed by atoms with van der Waals surface area (Å²) in [5.74, 6) is 1.60. The Balaban J connectivity index is 1.37. The zero-order valence-corrected chi connectivity index (χ0v) is 13.7. The number of aliphatic hydroxyl groups is 1. The number of aliphatic hydroxyl groups excluding tert-OH is 1. The van der Waals surface area contributed by atoms with E-state index >= 15 is 0 Å². The SMILES string of the molecule is OC1CCN(c2ccc(CNC(C3CC3)C3CC3)cc2F)CC1. The van der Waals surface area contributed by atoms with Gasteiger partial charge in [0.05, 0.1) is 11.8 Å². The second-order valence-electron chi connectivity index (χ2n) is 7.59. The molecule has 0 unspecified atom stereocenters. The van der Waals surface area contributed by atoms with Crippen molar-refractivity contribution in [2.24, 2.45) is 11.8 Å². The third kappa shape index (κ3) is 3.69. The first-order chi connectivity index (χ1) is 11.2. The van der Waals surface area contributed by atoms with Gasteiger partial charge in [-0.2, -0.15) is 0 Å². The molecular formula is C19H27FN2O. The molecule has 23 heavy (non-hydrogen) atoms. The molecule has 1 aromatic rings. The van der Waals surface area contributed by atoms with E-state index < -0.39 is 0 Å². The smallest absolute Gasteiger partial charge is 0.146 e. The van der Waals surface area contributed by atoms with Gasteiger partial charge in [0.25, 0.3) is 0 Å². The maximum atomic E-state index is 14.5. The average molecular weight is 318 g/mol. The van der Waals surface area contributed by atoms with Crippen LogP contribution in [0.1, 0.15) is 44.1 Å².